The van der Waals surface area contributed by atoms with E-state index in [4.69, 9.17) is 5.73 Å². The topological polar surface area (TPSA) is 80.9 Å². The first-order valence-electron chi connectivity index (χ1n) is 6.42. The minimum atomic E-state index is 0. The summed E-state index contributed by atoms with van der Waals surface area (Å²) >= 11 is 1.56. The Morgan fingerprint density at radius 3 is 2.74 bits per heavy atom. The van der Waals surface area contributed by atoms with Gasteiger partial charge in [-0.15, -0.1) is 22.6 Å². The van der Waals surface area contributed by atoms with Crippen LogP contribution in [0.5, 0.6) is 0 Å². The molecule has 2 unspecified atom stereocenters. The number of aromatic nitrogens is 2. The monoisotopic (exact) mass is 304 g/mol. The summed E-state index contributed by atoms with van der Waals surface area (Å²) in [5.74, 6) is 0.571. The van der Waals surface area contributed by atoms with Gasteiger partial charge < -0.3 is 11.1 Å². The molecule has 5 nitrogen and oxygen atoms in total. The number of halogens is 1. The molecule has 0 radical (unpaired) electrons. The summed E-state index contributed by atoms with van der Waals surface area (Å²) in [6, 6.07) is 0.190. The second-order valence-corrected chi connectivity index (χ2v) is 6.27. The number of rotatable bonds is 4. The summed E-state index contributed by atoms with van der Waals surface area (Å²) in [7, 11) is 0. The third-order valence-electron chi connectivity index (χ3n) is 3.23. The van der Waals surface area contributed by atoms with Crippen LogP contribution in [-0.2, 0) is 11.3 Å². The second-order valence-electron chi connectivity index (χ2n) is 5.18. The summed E-state index contributed by atoms with van der Waals surface area (Å²) in [5.41, 5.74) is 5.81. The minimum absolute atomic E-state index is 0. The Hall–Kier alpha value is -0.720. The molecular formula is C12H21ClN4OS. The van der Waals surface area contributed by atoms with Crippen LogP contribution in [0.2, 0.25) is 0 Å². The van der Waals surface area contributed by atoms with Gasteiger partial charge in [0.15, 0.2) is 0 Å². The SMILES string of the molecule is CC(C)c1nnc(CNC(=O)C2CCC(N)C2)s1.Cl. The Morgan fingerprint density at radius 1 is 1.47 bits per heavy atom. The van der Waals surface area contributed by atoms with E-state index in [1.54, 1.807) is 11.3 Å². The molecule has 2 rings (SSSR count). The van der Waals surface area contributed by atoms with Gasteiger partial charge in [0.2, 0.25) is 5.91 Å². The molecule has 0 spiro atoms. The number of nitrogens with zero attached hydrogens (tertiary/aromatic N) is 2. The molecule has 0 bridgehead atoms. The van der Waals surface area contributed by atoms with Crippen molar-refractivity contribution >= 4 is 29.7 Å². The van der Waals surface area contributed by atoms with E-state index in [1.165, 1.54) is 0 Å². The fourth-order valence-electron chi connectivity index (χ4n) is 2.13. The highest BCUT2D eigenvalue weighted by atomic mass is 35.5. The van der Waals surface area contributed by atoms with E-state index in [0.29, 0.717) is 12.5 Å². The second kappa shape index (κ2) is 7.17. The predicted molar refractivity (Wildman–Crippen MR) is 78.4 cm³/mol. The maximum Gasteiger partial charge on any atom is 0.223 e. The maximum atomic E-state index is 11.9. The lowest BCUT2D eigenvalue weighted by atomic mass is 10.1. The Labute approximate surface area is 123 Å². The minimum Gasteiger partial charge on any atom is -0.349 e. The van der Waals surface area contributed by atoms with Gasteiger partial charge in [-0.1, -0.05) is 25.2 Å². The molecule has 2 atom stereocenters. The van der Waals surface area contributed by atoms with Crippen LogP contribution in [0.15, 0.2) is 0 Å². The van der Waals surface area contributed by atoms with Gasteiger partial charge in [0, 0.05) is 17.9 Å². The lowest BCUT2D eigenvalue weighted by Gasteiger charge is -2.09. The number of carbonyl (C=O) groups excluding carboxylic acids is 1. The van der Waals surface area contributed by atoms with Crippen LogP contribution >= 0.6 is 23.7 Å². The van der Waals surface area contributed by atoms with Crippen LogP contribution in [0.4, 0.5) is 0 Å². The number of nitrogens with one attached hydrogen (secondary N) is 1. The van der Waals surface area contributed by atoms with E-state index in [0.717, 1.165) is 29.3 Å². The van der Waals surface area contributed by atoms with E-state index in [9.17, 15) is 4.79 Å². The highest BCUT2D eigenvalue weighted by molar-refractivity contribution is 7.11. The first kappa shape index (κ1) is 16.3. The molecule has 108 valence electrons. The Morgan fingerprint density at radius 2 is 2.21 bits per heavy atom. The van der Waals surface area contributed by atoms with Gasteiger partial charge in [0.1, 0.15) is 10.0 Å². The molecule has 1 amide bonds. The molecule has 7 heteroatoms. The van der Waals surface area contributed by atoms with Gasteiger partial charge in [-0.05, 0) is 19.3 Å². The summed E-state index contributed by atoms with van der Waals surface area (Å²) in [4.78, 5) is 11.9. The third-order valence-corrected chi connectivity index (χ3v) is 4.46. The Kier molecular flexibility index (Phi) is 6.16. The number of hydrogen-bond donors (Lipinski definition) is 2. The summed E-state index contributed by atoms with van der Waals surface area (Å²) in [5, 5.41) is 13.0. The number of carbonyl (C=O) groups is 1. The van der Waals surface area contributed by atoms with Crippen molar-refractivity contribution in [3.05, 3.63) is 10.0 Å². The zero-order chi connectivity index (χ0) is 13.1. The summed E-state index contributed by atoms with van der Waals surface area (Å²) in [6.45, 7) is 4.65. The van der Waals surface area contributed by atoms with Gasteiger partial charge >= 0.3 is 0 Å². The highest BCUT2D eigenvalue weighted by Gasteiger charge is 2.27. The molecule has 3 N–H and O–H groups in total. The quantitative estimate of drug-likeness (QED) is 0.889. The Bertz CT molecular complexity index is 424. The average Bonchev–Trinajstić information content (AvgIpc) is 2.94. The van der Waals surface area contributed by atoms with Gasteiger partial charge in [-0.25, -0.2) is 0 Å². The molecule has 1 heterocycles. The molecule has 1 aliphatic carbocycles. The van der Waals surface area contributed by atoms with Crippen molar-refractivity contribution in [2.45, 2.75) is 51.6 Å². The number of amides is 1. The zero-order valence-corrected chi connectivity index (χ0v) is 12.9. The smallest absolute Gasteiger partial charge is 0.223 e. The van der Waals surface area contributed by atoms with Gasteiger partial charge in [0.25, 0.3) is 0 Å². The Balaban J connectivity index is 0.00000180. The fraction of sp³-hybridized carbons (Fsp3) is 0.750. The van der Waals surface area contributed by atoms with Gasteiger partial charge in [-0.2, -0.15) is 0 Å². The van der Waals surface area contributed by atoms with Gasteiger partial charge in [0.05, 0.1) is 6.54 Å². The third kappa shape index (κ3) is 4.40. The van der Waals surface area contributed by atoms with Crippen molar-refractivity contribution in [3.63, 3.8) is 0 Å². The zero-order valence-electron chi connectivity index (χ0n) is 11.3. The molecule has 0 aromatic carbocycles. The van der Waals surface area contributed by atoms with Crippen molar-refractivity contribution in [1.82, 2.24) is 15.5 Å². The molecule has 1 aromatic heterocycles. The van der Waals surface area contributed by atoms with Crippen LogP contribution in [0.1, 0.15) is 49.0 Å². The first-order valence-corrected chi connectivity index (χ1v) is 7.23. The molecule has 1 aliphatic rings. The standard InChI is InChI=1S/C12H20N4OS.ClH/c1-7(2)12-16-15-10(18-12)6-14-11(17)8-3-4-9(13)5-8;/h7-9H,3-6,13H2,1-2H3,(H,14,17);1H. The first-order chi connectivity index (χ1) is 8.56. The van der Waals surface area contributed by atoms with Crippen molar-refractivity contribution in [2.75, 3.05) is 0 Å². The van der Waals surface area contributed by atoms with E-state index >= 15 is 0 Å². The molecule has 1 aromatic rings. The largest absolute Gasteiger partial charge is 0.349 e. The van der Waals surface area contributed by atoms with Crippen molar-refractivity contribution < 1.29 is 4.79 Å². The molecule has 0 aliphatic heterocycles. The highest BCUT2D eigenvalue weighted by Crippen LogP contribution is 2.24. The summed E-state index contributed by atoms with van der Waals surface area (Å²) in [6.07, 6.45) is 2.66. The van der Waals surface area contributed by atoms with Crippen LogP contribution in [0.25, 0.3) is 0 Å². The number of nitrogens with two attached hydrogens (primary N) is 1. The van der Waals surface area contributed by atoms with E-state index in [1.807, 2.05) is 0 Å². The lowest BCUT2D eigenvalue weighted by Crippen LogP contribution is -2.29. The molecule has 1 saturated carbocycles. The van der Waals surface area contributed by atoms with Crippen molar-refractivity contribution in [1.29, 1.82) is 0 Å². The van der Waals surface area contributed by atoms with Crippen molar-refractivity contribution in [2.24, 2.45) is 11.7 Å². The van der Waals surface area contributed by atoms with Crippen LogP contribution in [-0.4, -0.2) is 22.1 Å². The predicted octanol–water partition coefficient (Wildman–Crippen LogP) is 1.83. The van der Waals surface area contributed by atoms with Crippen LogP contribution < -0.4 is 11.1 Å². The normalized spacial score (nSPS) is 22.3. The van der Waals surface area contributed by atoms with Crippen molar-refractivity contribution in [3.8, 4) is 0 Å². The van der Waals surface area contributed by atoms with Crippen LogP contribution in [0, 0.1) is 5.92 Å². The molecule has 19 heavy (non-hydrogen) atoms. The van der Waals surface area contributed by atoms with E-state index < -0.39 is 0 Å². The fourth-order valence-corrected chi connectivity index (χ4v) is 2.92. The van der Waals surface area contributed by atoms with Crippen LogP contribution in [0.3, 0.4) is 0 Å². The molecule has 1 fully saturated rings. The lowest BCUT2D eigenvalue weighted by molar-refractivity contribution is -0.125. The summed E-state index contributed by atoms with van der Waals surface area (Å²) < 4.78 is 0. The van der Waals surface area contributed by atoms with E-state index in [-0.39, 0.29) is 30.3 Å². The molecule has 0 saturated heterocycles. The average molecular weight is 305 g/mol. The van der Waals surface area contributed by atoms with E-state index in [2.05, 4.69) is 29.4 Å². The number of hydrogen-bond acceptors (Lipinski definition) is 5. The molecular weight excluding hydrogens is 284 g/mol. The van der Waals surface area contributed by atoms with Gasteiger partial charge in [-0.3, -0.25) is 4.79 Å². The maximum absolute atomic E-state index is 11.9.